The van der Waals surface area contributed by atoms with Crippen molar-refractivity contribution in [2.24, 2.45) is 0 Å². The van der Waals surface area contributed by atoms with Crippen LogP contribution < -0.4 is 4.90 Å². The van der Waals surface area contributed by atoms with Gasteiger partial charge >= 0.3 is 0 Å². The number of nitrogens with zero attached hydrogens (tertiary/aromatic N) is 1. The third-order valence-corrected chi connectivity index (χ3v) is 7.86. The van der Waals surface area contributed by atoms with E-state index >= 15 is 0 Å². The molecule has 0 fully saturated rings. The molecule has 0 radical (unpaired) electrons. The van der Waals surface area contributed by atoms with E-state index in [4.69, 9.17) is 0 Å². The summed E-state index contributed by atoms with van der Waals surface area (Å²) in [4.78, 5) is 2.41. The van der Waals surface area contributed by atoms with E-state index in [9.17, 15) is 0 Å². The van der Waals surface area contributed by atoms with Crippen LogP contribution in [0.2, 0.25) is 0 Å². The molecule has 0 N–H and O–H groups in total. The quantitative estimate of drug-likeness (QED) is 0.234. The van der Waals surface area contributed by atoms with Crippen LogP contribution in [0.25, 0.3) is 0 Å². The van der Waals surface area contributed by atoms with Crippen LogP contribution in [0, 0.1) is 0 Å². The Morgan fingerprint density at radius 1 is 0.500 bits per heavy atom. The summed E-state index contributed by atoms with van der Waals surface area (Å²) >= 11 is 0. The Kier molecular flexibility index (Phi) is 9.83. The van der Waals surface area contributed by atoms with E-state index in [1.54, 1.807) is 0 Å². The average Bonchev–Trinajstić information content (AvgIpc) is 2.88. The van der Waals surface area contributed by atoms with Crippen LogP contribution >= 0.6 is 0 Å². The van der Waals surface area contributed by atoms with Crippen molar-refractivity contribution in [3.05, 3.63) is 89.5 Å². The summed E-state index contributed by atoms with van der Waals surface area (Å²) < 4.78 is 0. The van der Waals surface area contributed by atoms with Crippen LogP contribution in [0.1, 0.15) is 110 Å². The smallest absolute Gasteiger partial charge is 0.0461 e. The Morgan fingerprint density at radius 3 is 1.33 bits per heavy atom. The minimum absolute atomic E-state index is 0.199. The summed E-state index contributed by atoms with van der Waals surface area (Å²) in [5.41, 5.74) is 8.30. The van der Waals surface area contributed by atoms with Gasteiger partial charge in [0.05, 0.1) is 0 Å². The molecular weight excluding hydrogens is 434 g/mol. The molecule has 1 heteroatoms. The molecule has 0 amide bonds. The highest BCUT2D eigenvalue weighted by Crippen LogP contribution is 2.38. The minimum atomic E-state index is 0.199. The van der Waals surface area contributed by atoms with Crippen LogP contribution in [-0.4, -0.2) is 0 Å². The molecule has 3 aromatic rings. The third kappa shape index (κ3) is 7.02. The Hall–Kier alpha value is -2.54. The van der Waals surface area contributed by atoms with Gasteiger partial charge in [-0.05, 0) is 89.6 Å². The molecule has 0 heterocycles. The first kappa shape index (κ1) is 28.0. The van der Waals surface area contributed by atoms with E-state index in [0.717, 1.165) is 6.42 Å². The van der Waals surface area contributed by atoms with E-state index < -0.39 is 0 Å². The van der Waals surface area contributed by atoms with Crippen molar-refractivity contribution < 1.29 is 0 Å². The van der Waals surface area contributed by atoms with Gasteiger partial charge in [-0.25, -0.2) is 0 Å². The van der Waals surface area contributed by atoms with Crippen molar-refractivity contribution >= 4 is 17.1 Å². The molecule has 3 rings (SSSR count). The van der Waals surface area contributed by atoms with E-state index in [2.05, 4.69) is 126 Å². The fraction of sp³-hybridized carbons (Fsp3) is 0.486. The van der Waals surface area contributed by atoms with Crippen LogP contribution in [-0.2, 0) is 17.3 Å². The Labute approximate surface area is 222 Å². The number of unbranched alkanes of at least 4 members (excludes halogenated alkanes) is 2. The van der Waals surface area contributed by atoms with Gasteiger partial charge < -0.3 is 4.90 Å². The SMILES string of the molecule is CCCCc1ccc(N(c2ccc(C(C)(C)CCC)cc2)c2ccc(C(C)(C)CCCC)cc2)cc1. The van der Waals surface area contributed by atoms with Crippen molar-refractivity contribution in [1.82, 2.24) is 0 Å². The molecule has 0 aliphatic carbocycles. The second-order valence-corrected chi connectivity index (χ2v) is 11.8. The fourth-order valence-corrected chi connectivity index (χ4v) is 5.30. The highest BCUT2D eigenvalue weighted by Gasteiger charge is 2.22. The van der Waals surface area contributed by atoms with Gasteiger partial charge in [0.2, 0.25) is 0 Å². The highest BCUT2D eigenvalue weighted by atomic mass is 15.1. The molecule has 0 atom stereocenters. The third-order valence-electron chi connectivity index (χ3n) is 7.86. The second-order valence-electron chi connectivity index (χ2n) is 11.8. The summed E-state index contributed by atoms with van der Waals surface area (Å²) in [6.07, 6.45) is 9.76. The van der Waals surface area contributed by atoms with Gasteiger partial charge in [0.25, 0.3) is 0 Å². The number of rotatable bonds is 13. The van der Waals surface area contributed by atoms with E-state index in [1.807, 2.05) is 0 Å². The normalized spacial score (nSPS) is 12.1. The van der Waals surface area contributed by atoms with Crippen LogP contribution in [0.3, 0.4) is 0 Å². The van der Waals surface area contributed by atoms with Crippen molar-refractivity contribution in [3.63, 3.8) is 0 Å². The lowest BCUT2D eigenvalue weighted by molar-refractivity contribution is 0.458. The second kappa shape index (κ2) is 12.6. The molecule has 0 aromatic heterocycles. The molecule has 0 saturated carbocycles. The Balaban J connectivity index is 1.98. The summed E-state index contributed by atoms with van der Waals surface area (Å²) in [5.74, 6) is 0. The predicted octanol–water partition coefficient (Wildman–Crippen LogP) is 11.0. The topological polar surface area (TPSA) is 3.24 Å². The Bertz CT molecular complexity index is 1040. The standard InChI is InChI=1S/C35H49N/c1-8-11-13-28-14-20-31(21-15-28)36(32-22-16-29(17-23-32)34(4,5)26-10-3)33-24-18-30(19-25-33)35(6,7)27-12-9-2/h14-25H,8-13,26-27H2,1-7H3. The monoisotopic (exact) mass is 483 g/mol. The summed E-state index contributed by atoms with van der Waals surface area (Å²) in [7, 11) is 0. The molecule has 194 valence electrons. The van der Waals surface area contributed by atoms with Gasteiger partial charge in [0.1, 0.15) is 0 Å². The molecule has 3 aromatic carbocycles. The zero-order valence-electron chi connectivity index (χ0n) is 24.0. The molecule has 0 aliphatic rings. The van der Waals surface area contributed by atoms with Gasteiger partial charge in [-0.1, -0.05) is 111 Å². The minimum Gasteiger partial charge on any atom is -0.311 e. The molecule has 0 spiro atoms. The highest BCUT2D eigenvalue weighted by molar-refractivity contribution is 5.76. The van der Waals surface area contributed by atoms with Crippen LogP contribution in [0.15, 0.2) is 72.8 Å². The Morgan fingerprint density at radius 2 is 0.917 bits per heavy atom. The molecule has 1 nitrogen and oxygen atoms in total. The largest absolute Gasteiger partial charge is 0.311 e. The fourth-order valence-electron chi connectivity index (χ4n) is 5.30. The van der Waals surface area contributed by atoms with E-state index in [-0.39, 0.29) is 10.8 Å². The first-order chi connectivity index (χ1) is 17.2. The lowest BCUT2D eigenvalue weighted by Crippen LogP contribution is -2.18. The van der Waals surface area contributed by atoms with Gasteiger partial charge in [-0.15, -0.1) is 0 Å². The zero-order chi connectivity index (χ0) is 26.2. The number of hydrogen-bond donors (Lipinski definition) is 0. The van der Waals surface area contributed by atoms with Crippen LogP contribution in [0.5, 0.6) is 0 Å². The zero-order valence-corrected chi connectivity index (χ0v) is 24.0. The molecular formula is C35H49N. The predicted molar refractivity (Wildman–Crippen MR) is 160 cm³/mol. The van der Waals surface area contributed by atoms with E-state index in [1.165, 1.54) is 78.7 Å². The number of hydrogen-bond acceptors (Lipinski definition) is 1. The summed E-state index contributed by atoms with van der Waals surface area (Å²) in [6, 6.07) is 27.7. The molecule has 0 bridgehead atoms. The summed E-state index contributed by atoms with van der Waals surface area (Å²) in [5, 5.41) is 0. The van der Waals surface area contributed by atoms with Gasteiger partial charge in [-0.3, -0.25) is 0 Å². The van der Waals surface area contributed by atoms with Crippen molar-refractivity contribution in [2.75, 3.05) is 4.90 Å². The maximum Gasteiger partial charge on any atom is 0.0461 e. The van der Waals surface area contributed by atoms with Gasteiger partial charge in [0.15, 0.2) is 0 Å². The molecule has 0 saturated heterocycles. The molecule has 36 heavy (non-hydrogen) atoms. The number of benzene rings is 3. The van der Waals surface area contributed by atoms with Crippen molar-refractivity contribution in [2.45, 2.75) is 111 Å². The maximum atomic E-state index is 2.41. The molecule has 0 unspecified atom stereocenters. The van der Waals surface area contributed by atoms with E-state index in [0.29, 0.717) is 0 Å². The first-order valence-corrected chi connectivity index (χ1v) is 14.3. The average molecular weight is 484 g/mol. The van der Waals surface area contributed by atoms with Crippen molar-refractivity contribution in [3.8, 4) is 0 Å². The number of aryl methyl sites for hydroxylation is 1. The summed E-state index contributed by atoms with van der Waals surface area (Å²) in [6.45, 7) is 16.3. The lowest BCUT2D eigenvalue weighted by atomic mass is 9.80. The first-order valence-electron chi connectivity index (χ1n) is 14.3. The van der Waals surface area contributed by atoms with Gasteiger partial charge in [0, 0.05) is 17.1 Å². The molecule has 0 aliphatic heterocycles. The van der Waals surface area contributed by atoms with Gasteiger partial charge in [-0.2, -0.15) is 0 Å². The lowest BCUT2D eigenvalue weighted by Gasteiger charge is -2.30. The number of anilines is 3. The van der Waals surface area contributed by atoms with Crippen molar-refractivity contribution in [1.29, 1.82) is 0 Å². The van der Waals surface area contributed by atoms with Crippen LogP contribution in [0.4, 0.5) is 17.1 Å². The maximum absolute atomic E-state index is 2.41.